The third-order valence-electron chi connectivity index (χ3n) is 2.42. The minimum absolute atomic E-state index is 0.107. The maximum Gasteiger partial charge on any atom is 0.269 e. The molecule has 92 valence electrons. The van der Waals surface area contributed by atoms with Gasteiger partial charge in [-0.15, -0.1) is 0 Å². The van der Waals surface area contributed by atoms with Crippen LogP contribution in [-0.2, 0) is 13.1 Å². The first kappa shape index (κ1) is 12.1. The summed E-state index contributed by atoms with van der Waals surface area (Å²) in [6, 6.07) is 6.49. The second-order valence-corrected chi connectivity index (χ2v) is 3.77. The number of nitro benzene ring substituents is 1. The van der Waals surface area contributed by atoms with Crippen LogP contribution >= 0.6 is 0 Å². The Hall–Kier alpha value is -2.34. The molecule has 1 heterocycles. The minimum Gasteiger partial charge on any atom is -0.309 e. The fraction of sp³-hybridized carbons (Fsp3) is 0.167. The number of benzene rings is 1. The van der Waals surface area contributed by atoms with Gasteiger partial charge in [0.25, 0.3) is 5.69 Å². The van der Waals surface area contributed by atoms with Crippen molar-refractivity contribution < 1.29 is 4.92 Å². The molecule has 0 aliphatic heterocycles. The van der Waals surface area contributed by atoms with Gasteiger partial charge in [-0.05, 0) is 5.56 Å². The number of nitro groups is 1. The molecule has 1 aromatic heterocycles. The van der Waals surface area contributed by atoms with Crippen molar-refractivity contribution in [3.8, 4) is 0 Å². The van der Waals surface area contributed by atoms with Crippen molar-refractivity contribution in [3.05, 3.63) is 64.2 Å². The second kappa shape index (κ2) is 5.83. The molecule has 0 bridgehead atoms. The molecule has 6 nitrogen and oxygen atoms in total. The van der Waals surface area contributed by atoms with E-state index in [2.05, 4.69) is 15.3 Å². The first-order valence-corrected chi connectivity index (χ1v) is 5.43. The van der Waals surface area contributed by atoms with Crippen molar-refractivity contribution in [2.75, 3.05) is 0 Å². The second-order valence-electron chi connectivity index (χ2n) is 3.77. The van der Waals surface area contributed by atoms with Crippen LogP contribution < -0.4 is 5.32 Å². The maximum atomic E-state index is 10.5. The van der Waals surface area contributed by atoms with Crippen LogP contribution in [0.5, 0.6) is 0 Å². The molecule has 0 amide bonds. The van der Waals surface area contributed by atoms with E-state index < -0.39 is 4.92 Å². The van der Waals surface area contributed by atoms with E-state index in [0.717, 1.165) is 11.1 Å². The van der Waals surface area contributed by atoms with Crippen molar-refractivity contribution in [1.82, 2.24) is 15.3 Å². The number of non-ortho nitro benzene ring substituents is 1. The van der Waals surface area contributed by atoms with Crippen LogP contribution in [0.25, 0.3) is 0 Å². The van der Waals surface area contributed by atoms with Gasteiger partial charge in [-0.25, -0.2) is 9.97 Å². The van der Waals surface area contributed by atoms with Crippen LogP contribution in [0.15, 0.2) is 43.0 Å². The quantitative estimate of drug-likeness (QED) is 0.639. The Morgan fingerprint density at radius 3 is 2.28 bits per heavy atom. The van der Waals surface area contributed by atoms with Crippen LogP contribution in [0.3, 0.4) is 0 Å². The minimum atomic E-state index is -0.404. The van der Waals surface area contributed by atoms with Crippen LogP contribution in [-0.4, -0.2) is 14.9 Å². The molecule has 0 atom stereocenters. The molecule has 0 radical (unpaired) electrons. The number of hydrogen-bond donors (Lipinski definition) is 1. The summed E-state index contributed by atoms with van der Waals surface area (Å²) in [7, 11) is 0. The lowest BCUT2D eigenvalue weighted by atomic mass is 10.2. The molecule has 0 fully saturated rings. The molecular formula is C12H12N4O2. The molecule has 2 rings (SSSR count). The molecule has 0 saturated heterocycles. The summed E-state index contributed by atoms with van der Waals surface area (Å²) in [5.41, 5.74) is 2.10. The highest BCUT2D eigenvalue weighted by molar-refractivity contribution is 5.32. The number of hydrogen-bond acceptors (Lipinski definition) is 5. The lowest BCUT2D eigenvalue weighted by molar-refractivity contribution is -0.384. The van der Waals surface area contributed by atoms with Gasteiger partial charge in [-0.2, -0.15) is 0 Å². The highest BCUT2D eigenvalue weighted by atomic mass is 16.6. The van der Waals surface area contributed by atoms with Gasteiger partial charge < -0.3 is 5.32 Å². The lowest BCUT2D eigenvalue weighted by Crippen LogP contribution is -2.12. The Labute approximate surface area is 104 Å². The van der Waals surface area contributed by atoms with E-state index in [9.17, 15) is 10.1 Å². The average Bonchev–Trinajstić information content (AvgIpc) is 2.40. The molecule has 2 aromatic rings. The number of nitrogens with one attached hydrogen (secondary N) is 1. The van der Waals surface area contributed by atoms with Gasteiger partial charge in [-0.3, -0.25) is 10.1 Å². The Kier molecular flexibility index (Phi) is 3.93. The average molecular weight is 244 g/mol. The van der Waals surface area contributed by atoms with E-state index in [-0.39, 0.29) is 5.69 Å². The molecule has 0 spiro atoms. The summed E-state index contributed by atoms with van der Waals surface area (Å²) in [4.78, 5) is 17.9. The van der Waals surface area contributed by atoms with Crippen molar-refractivity contribution >= 4 is 5.69 Å². The number of aromatic nitrogens is 2. The Balaban J connectivity index is 1.85. The van der Waals surface area contributed by atoms with E-state index in [1.165, 1.54) is 18.5 Å². The Bertz CT molecular complexity index is 513. The molecule has 0 unspecified atom stereocenters. The molecule has 0 saturated carbocycles. The fourth-order valence-corrected chi connectivity index (χ4v) is 1.51. The van der Waals surface area contributed by atoms with E-state index in [1.54, 1.807) is 24.5 Å². The summed E-state index contributed by atoms with van der Waals surface area (Å²) in [6.07, 6.45) is 4.98. The fourth-order valence-electron chi connectivity index (χ4n) is 1.51. The summed E-state index contributed by atoms with van der Waals surface area (Å²) >= 11 is 0. The van der Waals surface area contributed by atoms with E-state index in [1.807, 2.05) is 0 Å². The SMILES string of the molecule is O=[N+]([O-])c1ccc(CNCc2cncnc2)cc1. The smallest absolute Gasteiger partial charge is 0.269 e. The number of nitrogens with zero attached hydrogens (tertiary/aromatic N) is 3. The van der Waals surface area contributed by atoms with Crippen molar-refractivity contribution in [3.63, 3.8) is 0 Å². The topological polar surface area (TPSA) is 81.0 Å². The molecule has 1 N–H and O–H groups in total. The van der Waals surface area contributed by atoms with E-state index in [4.69, 9.17) is 0 Å². The first-order chi connectivity index (χ1) is 8.75. The molecule has 18 heavy (non-hydrogen) atoms. The third kappa shape index (κ3) is 3.33. The van der Waals surface area contributed by atoms with Crippen LogP contribution in [0.4, 0.5) is 5.69 Å². The predicted octanol–water partition coefficient (Wildman–Crippen LogP) is 1.67. The van der Waals surface area contributed by atoms with Crippen LogP contribution in [0.2, 0.25) is 0 Å². The van der Waals surface area contributed by atoms with E-state index >= 15 is 0 Å². The van der Waals surface area contributed by atoms with Crippen molar-refractivity contribution in [2.45, 2.75) is 13.1 Å². The van der Waals surface area contributed by atoms with Gasteiger partial charge in [0.15, 0.2) is 0 Å². The van der Waals surface area contributed by atoms with Crippen molar-refractivity contribution in [1.29, 1.82) is 0 Å². The van der Waals surface area contributed by atoms with Crippen LogP contribution in [0.1, 0.15) is 11.1 Å². The summed E-state index contributed by atoms with van der Waals surface area (Å²) in [5.74, 6) is 0. The maximum absolute atomic E-state index is 10.5. The molecule has 6 heteroatoms. The summed E-state index contributed by atoms with van der Waals surface area (Å²) in [5, 5.41) is 13.7. The summed E-state index contributed by atoms with van der Waals surface area (Å²) in [6.45, 7) is 1.31. The normalized spacial score (nSPS) is 10.2. The monoisotopic (exact) mass is 244 g/mol. The molecule has 0 aliphatic rings. The third-order valence-corrected chi connectivity index (χ3v) is 2.42. The Morgan fingerprint density at radius 1 is 1.06 bits per heavy atom. The molecular weight excluding hydrogens is 232 g/mol. The zero-order valence-corrected chi connectivity index (χ0v) is 9.61. The highest BCUT2D eigenvalue weighted by Gasteiger charge is 2.03. The standard InChI is InChI=1S/C12H12N4O2/c17-16(18)12-3-1-10(2-4-12)5-13-6-11-7-14-9-15-8-11/h1-4,7-9,13H,5-6H2. The molecule has 0 aliphatic carbocycles. The van der Waals surface area contributed by atoms with E-state index in [0.29, 0.717) is 13.1 Å². The van der Waals surface area contributed by atoms with Crippen molar-refractivity contribution in [2.24, 2.45) is 0 Å². The van der Waals surface area contributed by atoms with Gasteiger partial charge in [0.1, 0.15) is 6.33 Å². The van der Waals surface area contributed by atoms with Crippen LogP contribution in [0, 0.1) is 10.1 Å². The predicted molar refractivity (Wildman–Crippen MR) is 65.7 cm³/mol. The van der Waals surface area contributed by atoms with Gasteiger partial charge in [0, 0.05) is 43.2 Å². The van der Waals surface area contributed by atoms with Gasteiger partial charge >= 0.3 is 0 Å². The largest absolute Gasteiger partial charge is 0.309 e. The lowest BCUT2D eigenvalue weighted by Gasteiger charge is -2.04. The summed E-state index contributed by atoms with van der Waals surface area (Å²) < 4.78 is 0. The zero-order valence-electron chi connectivity index (χ0n) is 9.61. The van der Waals surface area contributed by atoms with Gasteiger partial charge in [0.2, 0.25) is 0 Å². The van der Waals surface area contributed by atoms with Gasteiger partial charge in [0.05, 0.1) is 4.92 Å². The van der Waals surface area contributed by atoms with Gasteiger partial charge in [-0.1, -0.05) is 12.1 Å². The first-order valence-electron chi connectivity index (χ1n) is 5.43. The zero-order chi connectivity index (χ0) is 12.8. The highest BCUT2D eigenvalue weighted by Crippen LogP contribution is 2.11. The Morgan fingerprint density at radius 2 is 1.67 bits per heavy atom. The molecule has 1 aromatic carbocycles. The number of rotatable bonds is 5.